The lowest BCUT2D eigenvalue weighted by Gasteiger charge is -2.37. The fourth-order valence-electron chi connectivity index (χ4n) is 3.03. The fourth-order valence-corrected chi connectivity index (χ4v) is 3.03. The lowest BCUT2D eigenvalue weighted by Crippen LogP contribution is -2.52. The third kappa shape index (κ3) is 4.46. The molecule has 172 valence electrons. The number of nitrogens with one attached hydrogen (secondary N) is 1. The van der Waals surface area contributed by atoms with Gasteiger partial charge < -0.3 is 10.1 Å². The largest absolute Gasteiger partial charge is 0.463 e. The molecule has 0 fully saturated rings. The van der Waals surface area contributed by atoms with Gasteiger partial charge >= 0.3 is 18.1 Å². The van der Waals surface area contributed by atoms with Gasteiger partial charge in [0.15, 0.2) is 5.84 Å². The van der Waals surface area contributed by atoms with Crippen LogP contribution in [0.2, 0.25) is 0 Å². The Bertz CT molecular complexity index is 1010. The van der Waals surface area contributed by atoms with Crippen LogP contribution >= 0.6 is 0 Å². The number of allylic oxidation sites excluding steroid dienone is 1. The van der Waals surface area contributed by atoms with E-state index in [0.29, 0.717) is 0 Å². The van der Waals surface area contributed by atoms with Crippen LogP contribution in [0.4, 0.5) is 26.3 Å². The fraction of sp³-hybridized carbons (Fsp3) is 0.286. The first-order chi connectivity index (χ1) is 14.8. The van der Waals surface area contributed by atoms with Gasteiger partial charge in [0.1, 0.15) is 22.8 Å². The molecule has 1 unspecified atom stereocenters. The number of rotatable bonds is 7. The highest BCUT2D eigenvalue weighted by atomic mass is 19.4. The number of ether oxygens (including phenoxy) is 1. The lowest BCUT2D eigenvalue weighted by molar-refractivity contribution is -0.266. The molecule has 1 heterocycles. The van der Waals surface area contributed by atoms with E-state index in [0.717, 1.165) is 43.5 Å². The standard InChI is InChI=1S/C21H19F6N3O2/c1-5-14(28-6-2)17-29-16(20(23,24)21(25,26)27)15(18(31)32-7-3)19(4,30-17)12-8-10-13(22)11-9-12/h5-6,8-11H,1-2,7H2,3-4H3,(H,29,30). The summed E-state index contributed by atoms with van der Waals surface area (Å²) in [5, 5.41) is 1.90. The minimum absolute atomic E-state index is 0.0431. The van der Waals surface area contributed by atoms with Gasteiger partial charge in [0.25, 0.3) is 0 Å². The van der Waals surface area contributed by atoms with Crippen molar-refractivity contribution in [3.63, 3.8) is 0 Å². The zero-order chi connectivity index (χ0) is 24.3. The van der Waals surface area contributed by atoms with Gasteiger partial charge in [0.05, 0.1) is 12.2 Å². The quantitative estimate of drug-likeness (QED) is 0.361. The molecule has 1 aliphatic rings. The van der Waals surface area contributed by atoms with Gasteiger partial charge in [0, 0.05) is 6.20 Å². The second kappa shape index (κ2) is 9.01. The summed E-state index contributed by atoms with van der Waals surface area (Å²) in [5.41, 5.74) is -5.25. The van der Waals surface area contributed by atoms with Gasteiger partial charge in [-0.3, -0.25) is 4.99 Å². The molecule has 1 atom stereocenters. The van der Waals surface area contributed by atoms with Crippen LogP contribution in [0.3, 0.4) is 0 Å². The number of benzene rings is 1. The zero-order valence-electron chi connectivity index (χ0n) is 17.1. The number of aliphatic imine (C=N–C) groups is 2. The van der Waals surface area contributed by atoms with E-state index < -0.39 is 46.5 Å². The maximum atomic E-state index is 14.7. The second-order valence-electron chi connectivity index (χ2n) is 6.61. The number of carbonyl (C=O) groups excluding carboxylic acids is 1. The van der Waals surface area contributed by atoms with Crippen molar-refractivity contribution in [3.8, 4) is 0 Å². The second-order valence-corrected chi connectivity index (χ2v) is 6.61. The summed E-state index contributed by atoms with van der Waals surface area (Å²) in [6, 6.07) is 4.13. The van der Waals surface area contributed by atoms with Crippen LogP contribution in [0.1, 0.15) is 19.4 Å². The van der Waals surface area contributed by atoms with Gasteiger partial charge in [0.2, 0.25) is 0 Å². The molecule has 5 nitrogen and oxygen atoms in total. The highest BCUT2D eigenvalue weighted by Crippen LogP contribution is 2.47. The molecule has 32 heavy (non-hydrogen) atoms. The number of alkyl halides is 5. The summed E-state index contributed by atoms with van der Waals surface area (Å²) in [6.07, 6.45) is -4.01. The van der Waals surface area contributed by atoms with Gasteiger partial charge in [-0.15, -0.1) is 0 Å². The molecule has 1 aliphatic heterocycles. The molecule has 0 amide bonds. The topological polar surface area (TPSA) is 63.0 Å². The van der Waals surface area contributed by atoms with Crippen molar-refractivity contribution in [1.82, 2.24) is 5.32 Å². The Morgan fingerprint density at radius 3 is 2.28 bits per heavy atom. The third-order valence-corrected chi connectivity index (χ3v) is 4.54. The van der Waals surface area contributed by atoms with Crippen LogP contribution in [0.25, 0.3) is 0 Å². The maximum absolute atomic E-state index is 14.7. The van der Waals surface area contributed by atoms with Crippen molar-refractivity contribution in [2.24, 2.45) is 9.98 Å². The maximum Gasteiger partial charge on any atom is 0.459 e. The smallest absolute Gasteiger partial charge is 0.459 e. The average Bonchev–Trinajstić information content (AvgIpc) is 2.71. The normalized spacial score (nSPS) is 19.8. The van der Waals surface area contributed by atoms with Crippen LogP contribution in [0.15, 0.2) is 71.0 Å². The van der Waals surface area contributed by atoms with Crippen LogP contribution in [0, 0.1) is 5.82 Å². The average molecular weight is 459 g/mol. The van der Waals surface area contributed by atoms with E-state index in [4.69, 9.17) is 4.74 Å². The van der Waals surface area contributed by atoms with Crippen molar-refractivity contribution in [2.45, 2.75) is 31.5 Å². The number of carbonyl (C=O) groups is 1. The molecule has 0 bridgehead atoms. The Morgan fingerprint density at radius 1 is 1.22 bits per heavy atom. The minimum atomic E-state index is -6.07. The third-order valence-electron chi connectivity index (χ3n) is 4.54. The van der Waals surface area contributed by atoms with Crippen molar-refractivity contribution in [2.75, 3.05) is 6.61 Å². The SMILES string of the molecule is C=CN=C(C=C)C1=NC(C)(c2ccc(F)cc2)C(C(=O)OCC)=C(C(F)(F)C(F)(F)F)N1. The summed E-state index contributed by atoms with van der Waals surface area (Å²) < 4.78 is 87.7. The number of hydrogen-bond donors (Lipinski definition) is 1. The summed E-state index contributed by atoms with van der Waals surface area (Å²) >= 11 is 0. The lowest BCUT2D eigenvalue weighted by atomic mass is 9.81. The van der Waals surface area contributed by atoms with Crippen molar-refractivity contribution < 1.29 is 35.9 Å². The molecular formula is C21H19F6N3O2. The number of nitrogens with zero attached hydrogens (tertiary/aromatic N) is 2. The molecule has 0 aliphatic carbocycles. The van der Waals surface area contributed by atoms with Gasteiger partial charge in [-0.05, 0) is 37.6 Å². The predicted octanol–water partition coefficient (Wildman–Crippen LogP) is 4.83. The molecule has 0 radical (unpaired) electrons. The van der Waals surface area contributed by atoms with E-state index in [9.17, 15) is 31.1 Å². The predicted molar refractivity (Wildman–Crippen MR) is 107 cm³/mol. The monoisotopic (exact) mass is 459 g/mol. The first-order valence-corrected chi connectivity index (χ1v) is 9.14. The van der Waals surface area contributed by atoms with Crippen molar-refractivity contribution >= 4 is 17.5 Å². The molecular weight excluding hydrogens is 440 g/mol. The van der Waals surface area contributed by atoms with Crippen LogP contribution in [-0.2, 0) is 15.1 Å². The molecule has 0 aromatic heterocycles. The first-order valence-electron chi connectivity index (χ1n) is 9.14. The van der Waals surface area contributed by atoms with Crippen LogP contribution in [-0.4, -0.2) is 36.2 Å². The van der Waals surface area contributed by atoms with Gasteiger partial charge in [-0.2, -0.15) is 22.0 Å². The minimum Gasteiger partial charge on any atom is -0.463 e. The number of amidine groups is 1. The molecule has 0 saturated heterocycles. The molecule has 1 N–H and O–H groups in total. The molecule has 0 spiro atoms. The summed E-state index contributed by atoms with van der Waals surface area (Å²) in [5.74, 6) is -8.18. The van der Waals surface area contributed by atoms with E-state index in [1.807, 2.05) is 5.32 Å². The Morgan fingerprint density at radius 2 is 1.81 bits per heavy atom. The highest BCUT2D eigenvalue weighted by Gasteiger charge is 2.64. The van der Waals surface area contributed by atoms with Crippen molar-refractivity contribution in [3.05, 3.63) is 72.4 Å². The Balaban J connectivity index is 2.97. The van der Waals surface area contributed by atoms with E-state index in [2.05, 4.69) is 23.1 Å². The van der Waals surface area contributed by atoms with Gasteiger partial charge in [-0.1, -0.05) is 25.3 Å². The summed E-state index contributed by atoms with van der Waals surface area (Å²) in [6.45, 7) is 8.97. The number of hydrogen-bond acceptors (Lipinski definition) is 5. The van der Waals surface area contributed by atoms with Crippen LogP contribution in [0.5, 0.6) is 0 Å². The molecule has 1 aromatic carbocycles. The van der Waals surface area contributed by atoms with E-state index in [1.54, 1.807) is 0 Å². The zero-order valence-corrected chi connectivity index (χ0v) is 17.1. The molecule has 11 heteroatoms. The van der Waals surface area contributed by atoms with Crippen LogP contribution < -0.4 is 5.32 Å². The van der Waals surface area contributed by atoms with E-state index in [-0.39, 0.29) is 17.9 Å². The summed E-state index contributed by atoms with van der Waals surface area (Å²) in [4.78, 5) is 20.7. The Kier molecular flexibility index (Phi) is 7.01. The van der Waals surface area contributed by atoms with E-state index in [1.165, 1.54) is 6.92 Å². The Labute approximate surface area is 179 Å². The molecule has 1 aromatic rings. The highest BCUT2D eigenvalue weighted by molar-refractivity contribution is 6.46. The van der Waals surface area contributed by atoms with Gasteiger partial charge in [-0.25, -0.2) is 14.2 Å². The molecule has 2 rings (SSSR count). The molecule has 0 saturated carbocycles. The number of halogens is 6. The van der Waals surface area contributed by atoms with E-state index >= 15 is 0 Å². The van der Waals surface area contributed by atoms with Crippen molar-refractivity contribution in [1.29, 1.82) is 0 Å². The first kappa shape index (κ1) is 24.9. The summed E-state index contributed by atoms with van der Waals surface area (Å²) in [7, 11) is 0. The Hall–Kier alpha value is -3.37. The number of esters is 1.